The summed E-state index contributed by atoms with van der Waals surface area (Å²) < 4.78 is 2.39. The van der Waals surface area contributed by atoms with Crippen molar-refractivity contribution in [1.82, 2.24) is 19.5 Å². The standard InChI is InChI=1S/C57H38N4/c1-6-18-39(19-7-1)44-30-33-52-49(36-44)50-37-45(40-20-8-2-9-21-40)31-34-53(50)61(52)54-35-32-46(48-29-17-16-28-47(48)41-22-10-3-11-23-41)38-51(54)57-59-55(42-24-12-4-13-25-42)58-56(60-57)43-26-14-5-15-27-43/h1-38H. The smallest absolute Gasteiger partial charge is 0.166 e. The Hall–Kier alpha value is -8.21. The molecule has 11 aromatic rings. The molecule has 9 aromatic carbocycles. The molecular formula is C57H38N4. The Labute approximate surface area is 354 Å². The van der Waals surface area contributed by atoms with Gasteiger partial charge in [-0.2, -0.15) is 0 Å². The zero-order valence-electron chi connectivity index (χ0n) is 33.2. The van der Waals surface area contributed by atoms with Crippen molar-refractivity contribution in [2.75, 3.05) is 0 Å². The maximum atomic E-state index is 5.32. The van der Waals surface area contributed by atoms with Gasteiger partial charge in [0.1, 0.15) is 0 Å². The molecule has 11 rings (SSSR count). The van der Waals surface area contributed by atoms with Crippen molar-refractivity contribution in [2.45, 2.75) is 0 Å². The third-order valence-corrected chi connectivity index (χ3v) is 11.5. The fraction of sp³-hybridized carbons (Fsp3) is 0. The first-order valence-electron chi connectivity index (χ1n) is 20.6. The van der Waals surface area contributed by atoms with Crippen LogP contribution < -0.4 is 0 Å². The van der Waals surface area contributed by atoms with Gasteiger partial charge in [0.15, 0.2) is 17.5 Å². The summed E-state index contributed by atoms with van der Waals surface area (Å²) in [6.45, 7) is 0. The van der Waals surface area contributed by atoms with Crippen LogP contribution in [0.3, 0.4) is 0 Å². The average molecular weight is 779 g/mol. The molecule has 286 valence electrons. The highest BCUT2D eigenvalue weighted by molar-refractivity contribution is 6.12. The van der Waals surface area contributed by atoms with Gasteiger partial charge in [-0.3, -0.25) is 0 Å². The molecule has 0 saturated carbocycles. The topological polar surface area (TPSA) is 43.6 Å². The van der Waals surface area contributed by atoms with Crippen LogP contribution in [-0.4, -0.2) is 19.5 Å². The molecule has 0 aliphatic heterocycles. The van der Waals surface area contributed by atoms with E-state index in [1.807, 2.05) is 36.4 Å². The van der Waals surface area contributed by atoms with E-state index >= 15 is 0 Å². The van der Waals surface area contributed by atoms with Gasteiger partial charge in [-0.05, 0) is 80.9 Å². The molecule has 0 spiro atoms. The molecule has 0 fully saturated rings. The van der Waals surface area contributed by atoms with Crippen molar-refractivity contribution in [3.05, 3.63) is 231 Å². The summed E-state index contributed by atoms with van der Waals surface area (Å²) >= 11 is 0. The summed E-state index contributed by atoms with van der Waals surface area (Å²) in [7, 11) is 0. The normalized spacial score (nSPS) is 11.3. The molecule has 61 heavy (non-hydrogen) atoms. The van der Waals surface area contributed by atoms with E-state index in [-0.39, 0.29) is 0 Å². The summed E-state index contributed by atoms with van der Waals surface area (Å²) in [5.74, 6) is 1.83. The average Bonchev–Trinajstić information content (AvgIpc) is 3.68. The second-order valence-electron chi connectivity index (χ2n) is 15.2. The third-order valence-electron chi connectivity index (χ3n) is 11.5. The molecule has 4 heteroatoms. The maximum absolute atomic E-state index is 5.32. The molecular weight excluding hydrogens is 741 g/mol. The Kier molecular flexibility index (Phi) is 9.14. The Morgan fingerprint density at radius 3 is 1.10 bits per heavy atom. The summed E-state index contributed by atoms with van der Waals surface area (Å²) in [4.78, 5) is 15.7. The van der Waals surface area contributed by atoms with Crippen LogP contribution in [0.2, 0.25) is 0 Å². The molecule has 0 saturated heterocycles. The van der Waals surface area contributed by atoms with Crippen molar-refractivity contribution in [3.63, 3.8) is 0 Å². The van der Waals surface area contributed by atoms with Crippen LogP contribution in [0.1, 0.15) is 0 Å². The van der Waals surface area contributed by atoms with E-state index in [4.69, 9.17) is 15.0 Å². The Balaban J connectivity index is 1.21. The number of aromatic nitrogens is 4. The number of rotatable bonds is 8. The van der Waals surface area contributed by atoms with Crippen LogP contribution in [0, 0.1) is 0 Å². The number of hydrogen-bond acceptors (Lipinski definition) is 3. The van der Waals surface area contributed by atoms with Gasteiger partial charge >= 0.3 is 0 Å². The van der Waals surface area contributed by atoms with Gasteiger partial charge in [0.2, 0.25) is 0 Å². The molecule has 0 unspecified atom stereocenters. The molecule has 4 nitrogen and oxygen atoms in total. The summed E-state index contributed by atoms with van der Waals surface area (Å²) in [6, 6.07) is 81.3. The Morgan fingerprint density at radius 2 is 0.623 bits per heavy atom. The van der Waals surface area contributed by atoms with Crippen LogP contribution in [0.15, 0.2) is 231 Å². The van der Waals surface area contributed by atoms with Gasteiger partial charge in [-0.1, -0.05) is 194 Å². The lowest BCUT2D eigenvalue weighted by atomic mass is 9.93. The lowest BCUT2D eigenvalue weighted by molar-refractivity contribution is 1.06. The van der Waals surface area contributed by atoms with Crippen molar-refractivity contribution in [1.29, 1.82) is 0 Å². The number of fused-ring (bicyclic) bond motifs is 3. The third kappa shape index (κ3) is 6.76. The number of benzene rings is 9. The van der Waals surface area contributed by atoms with Gasteiger partial charge in [0.25, 0.3) is 0 Å². The van der Waals surface area contributed by atoms with Crippen LogP contribution in [0.25, 0.3) is 106 Å². The first-order valence-corrected chi connectivity index (χ1v) is 20.6. The maximum Gasteiger partial charge on any atom is 0.166 e. The predicted octanol–water partition coefficient (Wildman–Crippen LogP) is 14.6. The molecule has 0 atom stereocenters. The Morgan fingerprint density at radius 1 is 0.246 bits per heavy atom. The highest BCUT2D eigenvalue weighted by Gasteiger charge is 2.22. The lowest BCUT2D eigenvalue weighted by Crippen LogP contribution is -2.04. The zero-order valence-corrected chi connectivity index (χ0v) is 33.2. The SMILES string of the molecule is c1ccc(-c2ccc3c(c2)c2cc(-c4ccccc4)ccc2n3-c2ccc(-c3ccccc3-c3ccccc3)cc2-c2nc(-c3ccccc3)nc(-c3ccccc3)n2)cc1. The molecule has 0 amide bonds. The molecule has 0 N–H and O–H groups in total. The Bertz CT molecular complexity index is 3170. The van der Waals surface area contributed by atoms with E-state index in [0.717, 1.165) is 55.7 Å². The molecule has 2 aromatic heterocycles. The number of hydrogen-bond donors (Lipinski definition) is 0. The monoisotopic (exact) mass is 778 g/mol. The highest BCUT2D eigenvalue weighted by Crippen LogP contribution is 2.42. The van der Waals surface area contributed by atoms with E-state index in [1.165, 1.54) is 33.0 Å². The van der Waals surface area contributed by atoms with E-state index in [1.54, 1.807) is 0 Å². The first-order chi connectivity index (χ1) is 30.2. The minimum atomic E-state index is 0.596. The van der Waals surface area contributed by atoms with Crippen molar-refractivity contribution < 1.29 is 0 Å². The van der Waals surface area contributed by atoms with Gasteiger partial charge < -0.3 is 4.57 Å². The summed E-state index contributed by atoms with van der Waals surface area (Å²) in [5, 5.41) is 2.34. The second kappa shape index (κ2) is 15.5. The van der Waals surface area contributed by atoms with Crippen molar-refractivity contribution in [3.8, 4) is 84.4 Å². The van der Waals surface area contributed by atoms with Crippen LogP contribution in [0.4, 0.5) is 0 Å². The predicted molar refractivity (Wildman–Crippen MR) is 252 cm³/mol. The molecule has 0 aliphatic rings. The minimum absolute atomic E-state index is 0.596. The summed E-state index contributed by atoms with van der Waals surface area (Å²) in [5.41, 5.74) is 15.1. The molecule has 2 heterocycles. The van der Waals surface area contributed by atoms with Crippen LogP contribution in [-0.2, 0) is 0 Å². The van der Waals surface area contributed by atoms with Gasteiger partial charge in [0, 0.05) is 27.5 Å². The second-order valence-corrected chi connectivity index (χ2v) is 15.2. The van der Waals surface area contributed by atoms with Gasteiger partial charge in [0.05, 0.1) is 16.7 Å². The largest absolute Gasteiger partial charge is 0.308 e. The van der Waals surface area contributed by atoms with Crippen molar-refractivity contribution in [2.24, 2.45) is 0 Å². The van der Waals surface area contributed by atoms with Crippen LogP contribution in [0.5, 0.6) is 0 Å². The van der Waals surface area contributed by atoms with E-state index < -0.39 is 0 Å². The first kappa shape index (κ1) is 35.9. The fourth-order valence-electron chi connectivity index (χ4n) is 8.51. The zero-order chi connectivity index (χ0) is 40.5. The van der Waals surface area contributed by atoms with Crippen molar-refractivity contribution >= 4 is 21.8 Å². The van der Waals surface area contributed by atoms with Gasteiger partial charge in [-0.25, -0.2) is 15.0 Å². The quantitative estimate of drug-likeness (QED) is 0.154. The van der Waals surface area contributed by atoms with E-state index in [2.05, 4.69) is 199 Å². The summed E-state index contributed by atoms with van der Waals surface area (Å²) in [6.07, 6.45) is 0. The lowest BCUT2D eigenvalue weighted by Gasteiger charge is -2.17. The molecule has 0 radical (unpaired) electrons. The van der Waals surface area contributed by atoms with Crippen LogP contribution >= 0.6 is 0 Å². The minimum Gasteiger partial charge on any atom is -0.308 e. The number of nitrogens with zero attached hydrogens (tertiary/aromatic N) is 4. The van der Waals surface area contributed by atoms with E-state index in [0.29, 0.717) is 17.5 Å². The molecule has 0 bridgehead atoms. The van der Waals surface area contributed by atoms with Gasteiger partial charge in [-0.15, -0.1) is 0 Å². The van der Waals surface area contributed by atoms with E-state index in [9.17, 15) is 0 Å². The highest BCUT2D eigenvalue weighted by atomic mass is 15.1. The molecule has 0 aliphatic carbocycles. The fourth-order valence-corrected chi connectivity index (χ4v) is 8.51.